The molecule has 1 aromatic heterocycles. The van der Waals surface area contributed by atoms with Gasteiger partial charge in [0, 0.05) is 78.2 Å². The van der Waals surface area contributed by atoms with Gasteiger partial charge in [-0.3, -0.25) is 23.5 Å². The number of aromatic nitrogens is 2. The third-order valence-electron chi connectivity index (χ3n) is 9.68. The molecule has 0 saturated carbocycles. The standard InChI is InChI=1S/C41H58N4O6.Cu/c1-38(2,3)26-17-24(34(47)28(19-26)40(7,8)9)21-42-32-30(23-50-14)51-36(45-16-15-31(46)44(13)37(45)49)33(32)43-22-25-18-27(39(4,5)6)20-29(35(25)48)41(10,11)12;/h15-22,30,32-33,36,42-43H,23H2,1-14H3;/b24-21-,25-22-;/t30-,32+,33-,36-;/m1./s1. The second-order valence-corrected chi connectivity index (χ2v) is 18.0. The quantitative estimate of drug-likeness (QED) is 0.263. The zero-order valence-electron chi connectivity index (χ0n) is 33.3. The van der Waals surface area contributed by atoms with Crippen LogP contribution in [0.15, 0.2) is 92.0 Å². The van der Waals surface area contributed by atoms with Crippen LogP contribution in [0.5, 0.6) is 0 Å². The minimum absolute atomic E-state index is 0. The van der Waals surface area contributed by atoms with Crippen molar-refractivity contribution in [2.75, 3.05) is 13.7 Å². The minimum Gasteiger partial charge on any atom is -0.383 e. The number of ketones is 2. The molecule has 1 aromatic rings. The minimum atomic E-state index is -0.910. The molecule has 0 amide bonds. The molecule has 0 bridgehead atoms. The van der Waals surface area contributed by atoms with Crippen LogP contribution in [0.25, 0.3) is 0 Å². The van der Waals surface area contributed by atoms with Crippen molar-refractivity contribution >= 4 is 11.6 Å². The first-order chi connectivity index (χ1) is 23.4. The zero-order valence-corrected chi connectivity index (χ0v) is 34.2. The van der Waals surface area contributed by atoms with Gasteiger partial charge in [0.15, 0.2) is 17.8 Å². The Hall–Kier alpha value is -3.50. The summed E-state index contributed by atoms with van der Waals surface area (Å²) in [4.78, 5) is 53.7. The molecule has 0 spiro atoms. The summed E-state index contributed by atoms with van der Waals surface area (Å²) >= 11 is 0. The summed E-state index contributed by atoms with van der Waals surface area (Å²) in [6.45, 7) is 25.0. The fraction of sp³-hybridized carbons (Fsp3) is 0.561. The number of rotatable bonds is 7. The molecule has 4 rings (SSSR count). The Kier molecular flexibility index (Phi) is 12.8. The normalized spacial score (nSPS) is 24.7. The number of carbonyl (C=O) groups is 2. The van der Waals surface area contributed by atoms with E-state index >= 15 is 0 Å². The van der Waals surface area contributed by atoms with E-state index < -0.39 is 41.1 Å². The van der Waals surface area contributed by atoms with E-state index in [1.54, 1.807) is 19.5 Å². The van der Waals surface area contributed by atoms with Gasteiger partial charge in [-0.15, -0.1) is 0 Å². The number of nitrogens with zero attached hydrogens (tertiary/aromatic N) is 2. The van der Waals surface area contributed by atoms with Crippen LogP contribution in [0, 0.1) is 21.7 Å². The Balaban J connectivity index is 0.00000729. The number of allylic oxidation sites excluding steroid dienone is 10. The predicted molar refractivity (Wildman–Crippen MR) is 202 cm³/mol. The number of Topliss-reactive ketones (excluding diaryl/α,β-unsaturated/α-hetero) is 2. The number of methoxy groups -OCH3 is 1. The first-order valence-electron chi connectivity index (χ1n) is 17.7. The fourth-order valence-corrected chi connectivity index (χ4v) is 6.35. The van der Waals surface area contributed by atoms with E-state index in [2.05, 4.69) is 52.2 Å². The Morgan fingerprint density at radius 2 is 1.15 bits per heavy atom. The van der Waals surface area contributed by atoms with Crippen LogP contribution in [0.4, 0.5) is 0 Å². The van der Waals surface area contributed by atoms with Crippen LogP contribution >= 0.6 is 0 Å². The summed E-state index contributed by atoms with van der Waals surface area (Å²) in [7, 11) is 2.99. The maximum atomic E-state index is 13.9. The molecule has 3 aliphatic rings. The molecule has 289 valence electrons. The van der Waals surface area contributed by atoms with Crippen molar-refractivity contribution in [2.24, 2.45) is 28.7 Å². The molecule has 2 heterocycles. The third-order valence-corrected chi connectivity index (χ3v) is 9.68. The van der Waals surface area contributed by atoms with E-state index in [9.17, 15) is 19.2 Å². The van der Waals surface area contributed by atoms with Gasteiger partial charge in [0.25, 0.3) is 5.56 Å². The molecule has 52 heavy (non-hydrogen) atoms. The summed E-state index contributed by atoms with van der Waals surface area (Å²) < 4.78 is 14.5. The van der Waals surface area contributed by atoms with E-state index in [1.165, 1.54) is 23.9 Å². The second kappa shape index (κ2) is 15.5. The molecule has 0 aromatic carbocycles. The molecule has 2 N–H and O–H groups in total. The predicted octanol–water partition coefficient (Wildman–Crippen LogP) is 5.83. The molecule has 11 heteroatoms. The van der Waals surface area contributed by atoms with Crippen LogP contribution in [0.3, 0.4) is 0 Å². The van der Waals surface area contributed by atoms with E-state index in [-0.39, 0.29) is 51.5 Å². The van der Waals surface area contributed by atoms with Gasteiger partial charge in [-0.2, -0.15) is 0 Å². The Morgan fingerprint density at radius 1 is 0.712 bits per heavy atom. The zero-order chi connectivity index (χ0) is 38.4. The monoisotopic (exact) mass is 765 g/mol. The first kappa shape index (κ1) is 42.9. The van der Waals surface area contributed by atoms with E-state index in [1.807, 2.05) is 65.8 Å². The van der Waals surface area contributed by atoms with Crippen molar-refractivity contribution in [3.05, 3.63) is 103 Å². The van der Waals surface area contributed by atoms with Crippen molar-refractivity contribution in [1.29, 1.82) is 0 Å². The molecule has 10 nitrogen and oxygen atoms in total. The largest absolute Gasteiger partial charge is 0.383 e. The van der Waals surface area contributed by atoms with Gasteiger partial charge in [0.1, 0.15) is 6.10 Å². The molecule has 1 fully saturated rings. The molecule has 1 saturated heterocycles. The maximum absolute atomic E-state index is 13.9. The fourth-order valence-electron chi connectivity index (χ4n) is 6.35. The molecule has 1 radical (unpaired) electrons. The van der Waals surface area contributed by atoms with Gasteiger partial charge >= 0.3 is 5.69 Å². The smallest absolute Gasteiger partial charge is 0.332 e. The summed E-state index contributed by atoms with van der Waals surface area (Å²) in [5, 5.41) is 6.93. The van der Waals surface area contributed by atoms with Gasteiger partial charge < -0.3 is 20.1 Å². The Bertz CT molecular complexity index is 1880. The van der Waals surface area contributed by atoms with E-state index in [0.29, 0.717) is 22.3 Å². The van der Waals surface area contributed by atoms with Crippen molar-refractivity contribution < 1.29 is 36.1 Å². The molecular weight excluding hydrogens is 708 g/mol. The average molecular weight is 766 g/mol. The maximum Gasteiger partial charge on any atom is 0.332 e. The Labute approximate surface area is 319 Å². The second-order valence-electron chi connectivity index (χ2n) is 18.0. The first-order valence-corrected chi connectivity index (χ1v) is 17.7. The Morgan fingerprint density at radius 3 is 1.56 bits per heavy atom. The van der Waals surface area contributed by atoms with Crippen molar-refractivity contribution in [1.82, 2.24) is 19.8 Å². The number of carbonyl (C=O) groups excluding carboxylic acids is 2. The summed E-state index contributed by atoms with van der Waals surface area (Å²) in [5.74, 6) is -0.163. The molecule has 4 atom stereocenters. The van der Waals surface area contributed by atoms with Crippen LogP contribution in [-0.4, -0.2) is 52.6 Å². The third kappa shape index (κ3) is 9.16. The van der Waals surface area contributed by atoms with E-state index in [4.69, 9.17) is 9.47 Å². The van der Waals surface area contributed by atoms with Gasteiger partial charge in [0.2, 0.25) is 0 Å². The van der Waals surface area contributed by atoms with Crippen molar-refractivity contribution in [2.45, 2.75) is 108 Å². The van der Waals surface area contributed by atoms with Crippen molar-refractivity contribution in [3.8, 4) is 0 Å². The average Bonchev–Trinajstić information content (AvgIpc) is 3.33. The number of hydrogen-bond donors (Lipinski definition) is 2. The number of nitrogens with one attached hydrogen (secondary N) is 2. The van der Waals surface area contributed by atoms with Gasteiger partial charge in [-0.1, -0.05) is 95.2 Å². The van der Waals surface area contributed by atoms with Gasteiger partial charge in [-0.05, 0) is 45.0 Å². The van der Waals surface area contributed by atoms with Crippen molar-refractivity contribution in [3.63, 3.8) is 0 Å². The topological polar surface area (TPSA) is 121 Å². The summed E-state index contributed by atoms with van der Waals surface area (Å²) in [6, 6.07) is 0.113. The molecule has 1 aliphatic heterocycles. The van der Waals surface area contributed by atoms with Gasteiger partial charge in [-0.25, -0.2) is 4.79 Å². The molecular formula is C41H58CuN4O6. The molecule has 2 aliphatic carbocycles. The summed E-state index contributed by atoms with van der Waals surface area (Å²) in [5.41, 5.74) is 2.26. The molecule has 0 unspecified atom stereocenters. The number of hydrogen-bond acceptors (Lipinski definition) is 8. The SMILES string of the molecule is COC[C@H]1O[C@@H](n2ccc(=O)n(C)c2=O)[C@H](N/C=C2/C=C(C(C)(C)C)C=C(C(C)(C)C)C2=O)[C@H]1N/C=C1/C=C(C(C)(C)C)C=C(C(C)(C)C)C1=O.[Cu]. The van der Waals surface area contributed by atoms with Crippen LogP contribution in [0.1, 0.15) is 89.3 Å². The van der Waals surface area contributed by atoms with Gasteiger partial charge in [0.05, 0.1) is 18.7 Å². The summed E-state index contributed by atoms with van der Waals surface area (Å²) in [6.07, 6.45) is 11.2. The van der Waals surface area contributed by atoms with E-state index in [0.717, 1.165) is 15.7 Å². The van der Waals surface area contributed by atoms with Crippen LogP contribution in [-0.2, 0) is 43.2 Å². The number of ether oxygens (including phenoxy) is 2. The van der Waals surface area contributed by atoms with Crippen LogP contribution in [0.2, 0.25) is 0 Å². The van der Waals surface area contributed by atoms with Crippen LogP contribution < -0.4 is 21.9 Å².